The number of aryl methyl sites for hydroxylation is 1. The lowest BCUT2D eigenvalue weighted by molar-refractivity contribution is -0.119. The molecule has 0 N–H and O–H groups in total. The zero-order valence-corrected chi connectivity index (χ0v) is 19.7. The first-order valence-corrected chi connectivity index (χ1v) is 12.4. The molecule has 2 aliphatic heterocycles. The molecule has 0 saturated carbocycles. The van der Waals surface area contributed by atoms with Crippen molar-refractivity contribution in [3.63, 3.8) is 0 Å². The fourth-order valence-corrected chi connectivity index (χ4v) is 6.30. The Morgan fingerprint density at radius 3 is 2.50 bits per heavy atom. The molecular weight excluding hydrogens is 394 g/mol. The van der Waals surface area contributed by atoms with Crippen LogP contribution in [0.3, 0.4) is 0 Å². The molecular formula is C28H37N3O. The van der Waals surface area contributed by atoms with Crippen LogP contribution in [0.25, 0.3) is 0 Å². The van der Waals surface area contributed by atoms with E-state index in [1.165, 1.54) is 31.2 Å². The van der Waals surface area contributed by atoms with E-state index in [0.717, 1.165) is 44.7 Å². The van der Waals surface area contributed by atoms with Crippen LogP contribution >= 0.6 is 0 Å². The number of piperidine rings is 1. The minimum absolute atomic E-state index is 0.293. The highest BCUT2D eigenvalue weighted by Crippen LogP contribution is 2.46. The van der Waals surface area contributed by atoms with Crippen LogP contribution in [0.4, 0.5) is 5.69 Å². The van der Waals surface area contributed by atoms with Crippen LogP contribution in [0.2, 0.25) is 0 Å². The number of fused-ring (bicyclic) bond motifs is 3. The number of para-hydroxylation sites is 1. The van der Waals surface area contributed by atoms with Crippen LogP contribution in [0.1, 0.15) is 48.8 Å². The zero-order chi connectivity index (χ0) is 22.1. The molecule has 1 amide bonds. The van der Waals surface area contributed by atoms with Crippen molar-refractivity contribution in [2.24, 2.45) is 0 Å². The molecule has 0 aromatic heterocycles. The Morgan fingerprint density at radius 1 is 1.00 bits per heavy atom. The third-order valence-corrected chi connectivity index (χ3v) is 8.17. The summed E-state index contributed by atoms with van der Waals surface area (Å²) >= 11 is 0. The summed E-state index contributed by atoms with van der Waals surface area (Å²) in [5, 5.41) is 0. The van der Waals surface area contributed by atoms with Gasteiger partial charge in [-0.25, -0.2) is 0 Å². The second-order valence-corrected chi connectivity index (χ2v) is 10.4. The second kappa shape index (κ2) is 8.99. The highest BCUT2D eigenvalue weighted by Gasteiger charge is 2.41. The number of hydrogen-bond donors (Lipinski definition) is 0. The molecule has 2 heterocycles. The number of nitrogens with zero attached hydrogens (tertiary/aromatic N) is 3. The number of carbonyl (C=O) groups is 1. The van der Waals surface area contributed by atoms with Crippen molar-refractivity contribution in [2.75, 3.05) is 45.2 Å². The predicted octanol–water partition coefficient (Wildman–Crippen LogP) is 4.27. The van der Waals surface area contributed by atoms with Crippen LogP contribution < -0.4 is 4.90 Å². The summed E-state index contributed by atoms with van der Waals surface area (Å²) in [5.74, 6) is 0.296. The lowest BCUT2D eigenvalue weighted by Crippen LogP contribution is -2.44. The van der Waals surface area contributed by atoms with E-state index in [9.17, 15) is 4.79 Å². The van der Waals surface area contributed by atoms with Crippen LogP contribution in [-0.2, 0) is 23.1 Å². The van der Waals surface area contributed by atoms with Crippen molar-refractivity contribution in [1.82, 2.24) is 9.80 Å². The third-order valence-electron chi connectivity index (χ3n) is 8.17. The summed E-state index contributed by atoms with van der Waals surface area (Å²) in [6.45, 7) is 4.12. The number of amides is 1. The van der Waals surface area contributed by atoms with Gasteiger partial charge in [0, 0.05) is 24.7 Å². The third kappa shape index (κ3) is 4.11. The van der Waals surface area contributed by atoms with Crippen molar-refractivity contribution in [3.05, 3.63) is 65.2 Å². The van der Waals surface area contributed by atoms with Gasteiger partial charge in [-0.1, -0.05) is 42.5 Å². The Morgan fingerprint density at radius 2 is 1.72 bits per heavy atom. The molecule has 32 heavy (non-hydrogen) atoms. The van der Waals surface area contributed by atoms with Gasteiger partial charge in [-0.15, -0.1) is 0 Å². The van der Waals surface area contributed by atoms with Crippen LogP contribution in [-0.4, -0.2) is 62.0 Å². The maximum absolute atomic E-state index is 13.4. The molecule has 1 fully saturated rings. The molecule has 5 rings (SSSR count). The Kier molecular flexibility index (Phi) is 6.09. The second-order valence-electron chi connectivity index (χ2n) is 10.4. The molecule has 4 heteroatoms. The molecule has 1 spiro atoms. The summed E-state index contributed by atoms with van der Waals surface area (Å²) in [6, 6.07) is 17.8. The van der Waals surface area contributed by atoms with Gasteiger partial charge in [0.1, 0.15) is 0 Å². The van der Waals surface area contributed by atoms with E-state index in [1.54, 1.807) is 11.1 Å². The lowest BCUT2D eigenvalue weighted by atomic mass is 9.74. The molecule has 1 aliphatic carbocycles. The van der Waals surface area contributed by atoms with E-state index in [0.29, 0.717) is 23.8 Å². The van der Waals surface area contributed by atoms with Gasteiger partial charge in [-0.3, -0.25) is 4.79 Å². The van der Waals surface area contributed by atoms with E-state index in [1.807, 2.05) is 0 Å². The number of benzene rings is 2. The molecule has 1 atom stereocenters. The maximum Gasteiger partial charge on any atom is 0.228 e. The predicted molar refractivity (Wildman–Crippen MR) is 131 cm³/mol. The minimum atomic E-state index is 0.293. The van der Waals surface area contributed by atoms with Crippen molar-refractivity contribution in [1.29, 1.82) is 0 Å². The van der Waals surface area contributed by atoms with Gasteiger partial charge >= 0.3 is 0 Å². The van der Waals surface area contributed by atoms with E-state index in [4.69, 9.17) is 0 Å². The van der Waals surface area contributed by atoms with Gasteiger partial charge in [0.15, 0.2) is 0 Å². The average Bonchev–Trinajstić information content (AvgIpc) is 3.36. The fourth-order valence-electron chi connectivity index (χ4n) is 6.30. The fraction of sp³-hybridized carbons (Fsp3) is 0.536. The van der Waals surface area contributed by atoms with Crippen molar-refractivity contribution in [3.8, 4) is 0 Å². The number of anilines is 1. The van der Waals surface area contributed by atoms with Gasteiger partial charge in [-0.05, 0) is 100 Å². The monoisotopic (exact) mass is 431 g/mol. The van der Waals surface area contributed by atoms with E-state index in [2.05, 4.69) is 77.3 Å². The lowest BCUT2D eigenvalue weighted by Gasteiger charge is -2.40. The van der Waals surface area contributed by atoms with Crippen LogP contribution in [0.5, 0.6) is 0 Å². The molecule has 170 valence electrons. The number of likely N-dealkylation sites (tertiary alicyclic amines) is 1. The first-order valence-electron chi connectivity index (χ1n) is 12.4. The summed E-state index contributed by atoms with van der Waals surface area (Å²) in [7, 11) is 4.22. The quantitative estimate of drug-likeness (QED) is 0.684. The number of hydrogen-bond acceptors (Lipinski definition) is 3. The highest BCUT2D eigenvalue weighted by atomic mass is 16.2. The zero-order valence-electron chi connectivity index (χ0n) is 19.7. The minimum Gasteiger partial charge on any atom is -0.309 e. The van der Waals surface area contributed by atoms with Gasteiger partial charge in [-0.2, -0.15) is 0 Å². The highest BCUT2D eigenvalue weighted by molar-refractivity contribution is 5.96. The maximum atomic E-state index is 13.4. The van der Waals surface area contributed by atoms with Gasteiger partial charge in [0.05, 0.1) is 0 Å². The van der Waals surface area contributed by atoms with Gasteiger partial charge in [0.25, 0.3) is 0 Å². The summed E-state index contributed by atoms with van der Waals surface area (Å²) < 4.78 is 0. The molecule has 2 aromatic rings. The average molecular weight is 432 g/mol. The van der Waals surface area contributed by atoms with Crippen molar-refractivity contribution < 1.29 is 4.79 Å². The Bertz CT molecular complexity index is 961. The van der Waals surface area contributed by atoms with Crippen LogP contribution in [0, 0.1) is 0 Å². The van der Waals surface area contributed by atoms with Gasteiger partial charge in [0.2, 0.25) is 5.91 Å². The molecule has 1 saturated heterocycles. The normalized spacial score (nSPS) is 21.8. The smallest absolute Gasteiger partial charge is 0.228 e. The molecule has 1 unspecified atom stereocenters. The molecule has 2 aromatic carbocycles. The first-order chi connectivity index (χ1) is 15.6. The van der Waals surface area contributed by atoms with E-state index < -0.39 is 0 Å². The standard InChI is InChI=1S/C28H37N3O/c1-29(2)17-12-24-21-23-8-4-6-10-26(23)31(24)27(32)13-18-30-19-15-28(16-20-30)14-11-22-7-3-5-9-25(22)28/h3-10,24H,11-21H2,1-2H3. The van der Waals surface area contributed by atoms with Crippen molar-refractivity contribution >= 4 is 11.6 Å². The Balaban J connectivity index is 1.19. The first kappa shape index (κ1) is 21.7. The van der Waals surface area contributed by atoms with Crippen LogP contribution in [0.15, 0.2) is 48.5 Å². The Hall–Kier alpha value is -2.17. The molecule has 3 aliphatic rings. The van der Waals surface area contributed by atoms with E-state index >= 15 is 0 Å². The van der Waals surface area contributed by atoms with Gasteiger partial charge < -0.3 is 14.7 Å². The summed E-state index contributed by atoms with van der Waals surface area (Å²) in [6.07, 6.45) is 7.64. The number of rotatable bonds is 6. The Labute approximate surface area is 193 Å². The molecule has 0 radical (unpaired) electrons. The summed E-state index contributed by atoms with van der Waals surface area (Å²) in [4.78, 5) is 20.3. The molecule has 4 nitrogen and oxygen atoms in total. The van der Waals surface area contributed by atoms with E-state index in [-0.39, 0.29) is 0 Å². The number of carbonyl (C=O) groups excluding carboxylic acids is 1. The summed E-state index contributed by atoms with van der Waals surface area (Å²) in [5.41, 5.74) is 6.02. The van der Waals surface area contributed by atoms with Crippen molar-refractivity contribution in [2.45, 2.75) is 56.4 Å². The topological polar surface area (TPSA) is 26.8 Å². The molecule has 0 bridgehead atoms. The largest absolute Gasteiger partial charge is 0.309 e. The SMILES string of the molecule is CN(C)CCC1Cc2ccccc2N1C(=O)CCN1CCC2(CCc3ccccc32)CC1.